The Bertz CT molecular complexity index is 292. The van der Waals surface area contributed by atoms with Crippen molar-refractivity contribution in [1.29, 1.82) is 0 Å². The molecule has 0 aromatic rings. The second-order valence-electron chi connectivity index (χ2n) is 4.03. The third kappa shape index (κ3) is 1.49. The first-order chi connectivity index (χ1) is 6.53. The number of rotatable bonds is 2. The summed E-state index contributed by atoms with van der Waals surface area (Å²) in [5.74, 6) is -0.689. The topological polar surface area (TPSA) is 44.8 Å². The van der Waals surface area contributed by atoms with E-state index in [0.29, 0.717) is 6.61 Å². The lowest BCUT2D eigenvalue weighted by atomic mass is 10.2. The molecule has 2 rings (SSSR count). The molecule has 0 radical (unpaired) electrons. The monoisotopic (exact) mass is 198 g/mol. The molecule has 1 aliphatic heterocycles. The summed E-state index contributed by atoms with van der Waals surface area (Å²) in [7, 11) is 1.60. The Morgan fingerprint density at radius 1 is 1.43 bits per heavy atom. The summed E-state index contributed by atoms with van der Waals surface area (Å²) in [5.41, 5.74) is 0.869. The number of ketones is 1. The van der Waals surface area contributed by atoms with Crippen LogP contribution in [0, 0.1) is 0 Å². The van der Waals surface area contributed by atoms with Gasteiger partial charge in [-0.05, 0) is 25.5 Å². The van der Waals surface area contributed by atoms with Crippen LogP contribution in [0.5, 0.6) is 0 Å². The molecule has 2 aliphatic rings. The van der Waals surface area contributed by atoms with Crippen molar-refractivity contribution < 1.29 is 19.0 Å². The van der Waals surface area contributed by atoms with Crippen LogP contribution in [-0.2, 0) is 19.0 Å². The van der Waals surface area contributed by atoms with E-state index in [4.69, 9.17) is 14.2 Å². The van der Waals surface area contributed by atoms with Gasteiger partial charge in [0.15, 0.2) is 17.7 Å². The van der Waals surface area contributed by atoms with Crippen molar-refractivity contribution in [3.05, 3.63) is 11.6 Å². The Balaban J connectivity index is 2.18. The van der Waals surface area contributed by atoms with E-state index in [0.717, 1.165) is 5.57 Å². The number of fused-ring (bicyclic) bond motifs is 1. The van der Waals surface area contributed by atoms with Gasteiger partial charge in [-0.15, -0.1) is 0 Å². The number of hydrogen-bond donors (Lipinski definition) is 0. The van der Waals surface area contributed by atoms with Gasteiger partial charge in [0.25, 0.3) is 0 Å². The van der Waals surface area contributed by atoms with E-state index in [-0.39, 0.29) is 11.9 Å². The van der Waals surface area contributed by atoms with E-state index >= 15 is 0 Å². The number of carbonyl (C=O) groups is 1. The van der Waals surface area contributed by atoms with E-state index in [1.165, 1.54) is 0 Å². The molecule has 1 heterocycles. The van der Waals surface area contributed by atoms with Crippen LogP contribution in [-0.4, -0.2) is 37.5 Å². The summed E-state index contributed by atoms with van der Waals surface area (Å²) in [6.07, 6.45) is 0.848. The molecule has 2 atom stereocenters. The molecule has 0 spiro atoms. The molecule has 1 saturated heterocycles. The van der Waals surface area contributed by atoms with Crippen LogP contribution in [0.3, 0.4) is 0 Å². The first-order valence-corrected chi connectivity index (χ1v) is 4.62. The van der Waals surface area contributed by atoms with E-state index in [9.17, 15) is 4.79 Å². The van der Waals surface area contributed by atoms with Crippen LogP contribution < -0.4 is 0 Å². The maximum absolute atomic E-state index is 11.5. The van der Waals surface area contributed by atoms with Crippen molar-refractivity contribution in [3.8, 4) is 0 Å². The van der Waals surface area contributed by atoms with Crippen molar-refractivity contribution in [2.75, 3.05) is 13.7 Å². The van der Waals surface area contributed by atoms with Gasteiger partial charge in [-0.3, -0.25) is 4.79 Å². The minimum absolute atomic E-state index is 0.0207. The van der Waals surface area contributed by atoms with Crippen LogP contribution >= 0.6 is 0 Å². The first-order valence-electron chi connectivity index (χ1n) is 4.62. The molecular formula is C10H14O4. The number of methoxy groups -OCH3 is 1. The highest BCUT2D eigenvalue weighted by Crippen LogP contribution is 2.36. The molecule has 0 unspecified atom stereocenters. The second-order valence-corrected chi connectivity index (χ2v) is 4.03. The summed E-state index contributed by atoms with van der Waals surface area (Å²) in [6, 6.07) is 0. The van der Waals surface area contributed by atoms with Crippen LogP contribution in [0.1, 0.15) is 13.8 Å². The van der Waals surface area contributed by atoms with Gasteiger partial charge >= 0.3 is 0 Å². The fourth-order valence-corrected chi connectivity index (χ4v) is 1.88. The van der Waals surface area contributed by atoms with Crippen molar-refractivity contribution in [3.63, 3.8) is 0 Å². The van der Waals surface area contributed by atoms with Crippen LogP contribution in [0.4, 0.5) is 0 Å². The van der Waals surface area contributed by atoms with E-state index in [1.54, 1.807) is 13.2 Å². The maximum Gasteiger partial charge on any atom is 0.187 e. The second kappa shape index (κ2) is 3.15. The molecule has 78 valence electrons. The number of ether oxygens (including phenoxy) is 3. The highest BCUT2D eigenvalue weighted by atomic mass is 16.8. The normalized spacial score (nSPS) is 34.5. The van der Waals surface area contributed by atoms with Gasteiger partial charge in [-0.25, -0.2) is 0 Å². The van der Waals surface area contributed by atoms with Gasteiger partial charge in [-0.1, -0.05) is 0 Å². The maximum atomic E-state index is 11.5. The molecule has 1 fully saturated rings. The minimum Gasteiger partial charge on any atom is -0.380 e. The van der Waals surface area contributed by atoms with Gasteiger partial charge in [0.1, 0.15) is 6.10 Å². The summed E-state index contributed by atoms with van der Waals surface area (Å²) in [4.78, 5) is 11.5. The highest BCUT2D eigenvalue weighted by molar-refractivity contribution is 5.98. The molecule has 4 heteroatoms. The van der Waals surface area contributed by atoms with Gasteiger partial charge in [0, 0.05) is 7.11 Å². The zero-order valence-corrected chi connectivity index (χ0v) is 8.57. The Kier molecular flexibility index (Phi) is 2.21. The van der Waals surface area contributed by atoms with E-state index in [2.05, 4.69) is 0 Å². The van der Waals surface area contributed by atoms with Crippen LogP contribution in [0.15, 0.2) is 11.6 Å². The Morgan fingerprint density at radius 2 is 2.07 bits per heavy atom. The Morgan fingerprint density at radius 3 is 2.71 bits per heavy atom. The molecule has 4 nitrogen and oxygen atoms in total. The molecule has 0 saturated carbocycles. The molecule has 0 N–H and O–H groups in total. The average Bonchev–Trinajstić information content (AvgIpc) is 2.51. The molecule has 0 aromatic carbocycles. The molecule has 1 aliphatic carbocycles. The zero-order chi connectivity index (χ0) is 10.3. The van der Waals surface area contributed by atoms with Gasteiger partial charge in [0.05, 0.1) is 6.61 Å². The van der Waals surface area contributed by atoms with E-state index in [1.807, 2.05) is 13.8 Å². The van der Waals surface area contributed by atoms with Gasteiger partial charge < -0.3 is 14.2 Å². The molecule has 0 bridgehead atoms. The third-order valence-corrected chi connectivity index (χ3v) is 2.38. The first kappa shape index (κ1) is 9.83. The fraction of sp³-hybridized carbons (Fsp3) is 0.700. The molecular weight excluding hydrogens is 184 g/mol. The highest BCUT2D eigenvalue weighted by Gasteiger charge is 2.49. The summed E-state index contributed by atoms with van der Waals surface area (Å²) in [5, 5.41) is 0. The minimum atomic E-state index is -0.668. The average molecular weight is 198 g/mol. The Hall–Kier alpha value is -0.710. The van der Waals surface area contributed by atoms with Gasteiger partial charge in [-0.2, -0.15) is 0 Å². The molecule has 0 amide bonds. The lowest BCUT2D eigenvalue weighted by molar-refractivity contribution is -0.153. The lowest BCUT2D eigenvalue weighted by Gasteiger charge is -2.17. The van der Waals surface area contributed by atoms with Crippen molar-refractivity contribution in [2.24, 2.45) is 0 Å². The molecule has 14 heavy (non-hydrogen) atoms. The fourth-order valence-electron chi connectivity index (χ4n) is 1.88. The summed E-state index contributed by atoms with van der Waals surface area (Å²) in [6.45, 7) is 4.04. The zero-order valence-electron chi connectivity index (χ0n) is 8.57. The van der Waals surface area contributed by atoms with Gasteiger partial charge in [0.2, 0.25) is 0 Å². The van der Waals surface area contributed by atoms with Crippen molar-refractivity contribution >= 4 is 5.78 Å². The summed E-state index contributed by atoms with van der Waals surface area (Å²) < 4.78 is 16.1. The predicted molar refractivity (Wildman–Crippen MR) is 48.8 cm³/mol. The molecule has 0 aromatic heterocycles. The van der Waals surface area contributed by atoms with Crippen LogP contribution in [0.25, 0.3) is 0 Å². The number of carbonyl (C=O) groups excluding carboxylic acids is 1. The SMILES string of the molecule is COCC1=CC(=O)[C@@H]2OC(C)(C)O[C@H]12. The van der Waals surface area contributed by atoms with Crippen molar-refractivity contribution in [1.82, 2.24) is 0 Å². The quantitative estimate of drug-likeness (QED) is 0.654. The Labute approximate surface area is 82.8 Å². The number of hydrogen-bond acceptors (Lipinski definition) is 4. The lowest BCUT2D eigenvalue weighted by Crippen LogP contribution is -2.25. The predicted octanol–water partition coefficient (Wildman–Crippen LogP) is 0.662. The van der Waals surface area contributed by atoms with Crippen molar-refractivity contribution in [2.45, 2.75) is 31.8 Å². The largest absolute Gasteiger partial charge is 0.380 e. The van der Waals surface area contributed by atoms with Crippen LogP contribution in [0.2, 0.25) is 0 Å². The summed E-state index contributed by atoms with van der Waals surface area (Å²) >= 11 is 0. The third-order valence-electron chi connectivity index (χ3n) is 2.38. The smallest absolute Gasteiger partial charge is 0.187 e. The standard InChI is InChI=1S/C10H14O4/c1-10(2)13-8-6(5-12-3)4-7(11)9(8)14-10/h4,8-9H,5H2,1-3H3/t8-,9+/m1/s1. The van der Waals surface area contributed by atoms with E-state index < -0.39 is 11.9 Å².